The van der Waals surface area contributed by atoms with Gasteiger partial charge in [-0.2, -0.15) is 0 Å². The second-order valence-electron chi connectivity index (χ2n) is 6.70. The van der Waals surface area contributed by atoms with Crippen molar-refractivity contribution in [1.29, 1.82) is 0 Å². The number of alkyl halides is 4. The molecule has 7 heteroatoms. The van der Waals surface area contributed by atoms with Gasteiger partial charge in [0.1, 0.15) is 17.1 Å². The molecule has 0 radical (unpaired) electrons. The number of rotatable bonds is 8. The largest absolute Gasteiger partial charge is 0.491 e. The molecule has 2 heterocycles. The Bertz CT molecular complexity index is 722. The van der Waals surface area contributed by atoms with Gasteiger partial charge in [-0.05, 0) is 42.5 Å². The molecular formula is C19H22F4N2O. The molecule has 0 aliphatic heterocycles. The average Bonchev–Trinajstić information content (AvgIpc) is 2.59. The van der Waals surface area contributed by atoms with Gasteiger partial charge >= 0.3 is 0 Å². The van der Waals surface area contributed by atoms with Crippen LogP contribution in [0.5, 0.6) is 5.75 Å². The second kappa shape index (κ2) is 8.96. The number of hydrogen-bond donors (Lipinski definition) is 0. The van der Waals surface area contributed by atoms with Crippen molar-refractivity contribution >= 4 is 0 Å². The minimum Gasteiger partial charge on any atom is -0.491 e. The van der Waals surface area contributed by atoms with E-state index in [1.54, 1.807) is 0 Å². The van der Waals surface area contributed by atoms with Crippen molar-refractivity contribution < 1.29 is 22.3 Å². The molecule has 2 aromatic heterocycles. The van der Waals surface area contributed by atoms with Gasteiger partial charge in [0, 0.05) is 11.8 Å². The van der Waals surface area contributed by atoms with Gasteiger partial charge in [-0.15, -0.1) is 0 Å². The SMILES string of the molecule is CC(C)CC(C)COc1ccc(-c2ccnc(C(F)F)c2)nc1C(F)F. The number of aromatic nitrogens is 2. The van der Waals surface area contributed by atoms with Crippen LogP contribution in [0.15, 0.2) is 30.5 Å². The minimum atomic E-state index is -2.83. The maximum Gasteiger partial charge on any atom is 0.284 e. The van der Waals surface area contributed by atoms with Crippen molar-refractivity contribution in [3.63, 3.8) is 0 Å². The topological polar surface area (TPSA) is 35.0 Å². The summed E-state index contributed by atoms with van der Waals surface area (Å²) in [5.41, 5.74) is -0.440. The van der Waals surface area contributed by atoms with Crippen LogP contribution >= 0.6 is 0 Å². The molecule has 3 nitrogen and oxygen atoms in total. The molecular weight excluding hydrogens is 348 g/mol. The van der Waals surface area contributed by atoms with E-state index in [2.05, 4.69) is 23.8 Å². The molecule has 0 saturated carbocycles. The summed E-state index contributed by atoms with van der Waals surface area (Å²) >= 11 is 0. The molecule has 2 rings (SSSR count). The first kappa shape index (κ1) is 20.1. The highest BCUT2D eigenvalue weighted by Gasteiger charge is 2.19. The number of ether oxygens (including phenoxy) is 1. The summed E-state index contributed by atoms with van der Waals surface area (Å²) in [6.45, 7) is 6.47. The molecule has 0 spiro atoms. The van der Waals surface area contributed by atoms with Gasteiger partial charge in [0.05, 0.1) is 12.3 Å². The molecule has 26 heavy (non-hydrogen) atoms. The van der Waals surface area contributed by atoms with Gasteiger partial charge in [0.25, 0.3) is 12.9 Å². The summed E-state index contributed by atoms with van der Waals surface area (Å²) < 4.78 is 57.9. The minimum absolute atomic E-state index is 0.0162. The predicted octanol–water partition coefficient (Wildman–Crippen LogP) is 6.08. The van der Waals surface area contributed by atoms with Crippen LogP contribution in [0.2, 0.25) is 0 Å². The Morgan fingerprint density at radius 1 is 1.00 bits per heavy atom. The molecule has 0 fully saturated rings. The van der Waals surface area contributed by atoms with Gasteiger partial charge < -0.3 is 4.74 Å². The van der Waals surface area contributed by atoms with E-state index in [1.807, 2.05) is 6.92 Å². The molecule has 1 unspecified atom stereocenters. The monoisotopic (exact) mass is 370 g/mol. The molecule has 0 bridgehead atoms. The Kier molecular flexibility index (Phi) is 6.94. The summed E-state index contributed by atoms with van der Waals surface area (Å²) in [5, 5.41) is 0. The zero-order valence-electron chi connectivity index (χ0n) is 14.9. The summed E-state index contributed by atoms with van der Waals surface area (Å²) in [7, 11) is 0. The number of nitrogens with zero attached hydrogens (tertiary/aromatic N) is 2. The molecule has 1 atom stereocenters. The van der Waals surface area contributed by atoms with Gasteiger partial charge in [0.15, 0.2) is 0 Å². The van der Waals surface area contributed by atoms with E-state index in [1.165, 1.54) is 24.4 Å². The molecule has 0 aliphatic carbocycles. The molecule has 2 aromatic rings. The first-order valence-electron chi connectivity index (χ1n) is 8.44. The lowest BCUT2D eigenvalue weighted by Crippen LogP contribution is -2.12. The Morgan fingerprint density at radius 2 is 1.73 bits per heavy atom. The maximum atomic E-state index is 13.4. The zero-order chi connectivity index (χ0) is 19.3. The van der Waals surface area contributed by atoms with Crippen LogP contribution < -0.4 is 4.74 Å². The van der Waals surface area contributed by atoms with Crippen molar-refractivity contribution in [3.05, 3.63) is 41.9 Å². The highest BCUT2D eigenvalue weighted by molar-refractivity contribution is 5.60. The highest BCUT2D eigenvalue weighted by Crippen LogP contribution is 2.31. The van der Waals surface area contributed by atoms with Crippen LogP contribution in [0.1, 0.15) is 51.4 Å². The standard InChI is InChI=1S/C19H22F4N2O/c1-11(2)8-12(3)10-26-16-5-4-14(25-17(16)19(22)23)13-6-7-24-15(9-13)18(20)21/h4-7,9,11-12,18-19H,8,10H2,1-3H3. The van der Waals surface area contributed by atoms with E-state index in [9.17, 15) is 17.6 Å². The Labute approximate surface area is 150 Å². The van der Waals surface area contributed by atoms with Gasteiger partial charge in [-0.1, -0.05) is 20.8 Å². The first-order valence-corrected chi connectivity index (χ1v) is 8.44. The fraction of sp³-hybridized carbons (Fsp3) is 0.474. The van der Waals surface area contributed by atoms with Crippen LogP contribution in [-0.4, -0.2) is 16.6 Å². The Hall–Kier alpha value is -2.18. The van der Waals surface area contributed by atoms with Crippen LogP contribution in [-0.2, 0) is 0 Å². The van der Waals surface area contributed by atoms with E-state index in [-0.39, 0.29) is 17.4 Å². The van der Waals surface area contributed by atoms with Gasteiger partial charge in [-0.3, -0.25) is 4.98 Å². The lowest BCUT2D eigenvalue weighted by molar-refractivity contribution is 0.137. The lowest BCUT2D eigenvalue weighted by Gasteiger charge is -2.17. The zero-order valence-corrected chi connectivity index (χ0v) is 14.9. The third-order valence-electron chi connectivity index (χ3n) is 3.79. The summed E-state index contributed by atoms with van der Waals surface area (Å²) in [4.78, 5) is 7.50. The lowest BCUT2D eigenvalue weighted by atomic mass is 10.00. The fourth-order valence-corrected chi connectivity index (χ4v) is 2.73. The van der Waals surface area contributed by atoms with Crippen molar-refractivity contribution in [1.82, 2.24) is 9.97 Å². The van der Waals surface area contributed by atoms with E-state index in [4.69, 9.17) is 4.74 Å². The van der Waals surface area contributed by atoms with Gasteiger partial charge in [-0.25, -0.2) is 22.5 Å². The smallest absolute Gasteiger partial charge is 0.284 e. The van der Waals surface area contributed by atoms with Gasteiger partial charge in [0.2, 0.25) is 0 Å². The van der Waals surface area contributed by atoms with Crippen molar-refractivity contribution in [3.8, 4) is 17.0 Å². The molecule has 142 valence electrons. The fourth-order valence-electron chi connectivity index (χ4n) is 2.73. The number of halogens is 4. The van der Waals surface area contributed by atoms with Crippen molar-refractivity contribution in [2.45, 2.75) is 40.0 Å². The first-order chi connectivity index (χ1) is 12.3. The quantitative estimate of drug-likeness (QED) is 0.528. The maximum absolute atomic E-state index is 13.4. The molecule has 0 aliphatic rings. The summed E-state index contributed by atoms with van der Waals surface area (Å²) in [6.07, 6.45) is -3.45. The van der Waals surface area contributed by atoms with Crippen molar-refractivity contribution in [2.75, 3.05) is 6.61 Å². The van der Waals surface area contributed by atoms with Crippen LogP contribution in [0.25, 0.3) is 11.3 Å². The van der Waals surface area contributed by atoms with E-state index < -0.39 is 24.2 Å². The van der Waals surface area contributed by atoms with Crippen LogP contribution in [0, 0.1) is 11.8 Å². The summed E-state index contributed by atoms with van der Waals surface area (Å²) in [5.74, 6) is 0.718. The summed E-state index contributed by atoms with van der Waals surface area (Å²) in [6, 6.07) is 5.50. The van der Waals surface area contributed by atoms with E-state index in [0.29, 0.717) is 18.1 Å². The second-order valence-corrected chi connectivity index (χ2v) is 6.70. The van der Waals surface area contributed by atoms with Crippen LogP contribution in [0.3, 0.4) is 0 Å². The third-order valence-corrected chi connectivity index (χ3v) is 3.79. The highest BCUT2D eigenvalue weighted by atomic mass is 19.3. The molecule has 0 N–H and O–H groups in total. The van der Waals surface area contributed by atoms with E-state index >= 15 is 0 Å². The third kappa shape index (κ3) is 5.41. The molecule has 0 amide bonds. The number of pyridine rings is 2. The molecule has 0 aromatic carbocycles. The predicted molar refractivity (Wildman–Crippen MR) is 91.5 cm³/mol. The van der Waals surface area contributed by atoms with Crippen LogP contribution in [0.4, 0.5) is 17.6 Å². The van der Waals surface area contributed by atoms with Crippen molar-refractivity contribution in [2.24, 2.45) is 11.8 Å². The Balaban J connectivity index is 2.24. The Morgan fingerprint density at radius 3 is 2.35 bits per heavy atom. The normalized spacial score (nSPS) is 12.8. The molecule has 0 saturated heterocycles. The van der Waals surface area contributed by atoms with E-state index in [0.717, 1.165) is 12.5 Å². The average molecular weight is 370 g/mol. The number of hydrogen-bond acceptors (Lipinski definition) is 3.